The highest BCUT2D eigenvalue weighted by Gasteiger charge is 2.28. The Kier molecular flexibility index (Phi) is 6.62. The Morgan fingerprint density at radius 3 is 2.84 bits per heavy atom. The van der Waals surface area contributed by atoms with Gasteiger partial charge in [0.1, 0.15) is 5.69 Å². The molecule has 2 aromatic heterocycles. The second kappa shape index (κ2) is 9.58. The molecule has 0 unspecified atom stereocenters. The lowest BCUT2D eigenvalue weighted by Crippen LogP contribution is -2.44. The second-order valence-electron chi connectivity index (χ2n) is 8.90. The van der Waals surface area contributed by atoms with Gasteiger partial charge in [0.25, 0.3) is 5.91 Å². The van der Waals surface area contributed by atoms with Gasteiger partial charge in [0.05, 0.1) is 18.8 Å². The summed E-state index contributed by atoms with van der Waals surface area (Å²) in [5.74, 6) is -0.105. The van der Waals surface area contributed by atoms with Crippen LogP contribution in [0.25, 0.3) is 0 Å². The Bertz CT molecular complexity index is 992. The number of nitrogens with zero attached hydrogens (tertiary/aromatic N) is 4. The Morgan fingerprint density at radius 1 is 1.19 bits per heavy atom. The van der Waals surface area contributed by atoms with Gasteiger partial charge in [-0.15, -0.1) is 0 Å². The molecule has 2 N–H and O–H groups in total. The van der Waals surface area contributed by atoms with Gasteiger partial charge in [-0.25, -0.2) is 0 Å². The molecule has 172 valence electrons. The van der Waals surface area contributed by atoms with E-state index in [0.29, 0.717) is 44.7 Å². The highest BCUT2D eigenvalue weighted by molar-refractivity contribution is 5.92. The van der Waals surface area contributed by atoms with E-state index in [1.807, 2.05) is 30.7 Å². The number of amides is 3. The van der Waals surface area contributed by atoms with Crippen molar-refractivity contribution in [3.63, 3.8) is 0 Å². The Labute approximate surface area is 188 Å². The largest absolute Gasteiger partial charge is 0.345 e. The predicted octanol–water partition coefficient (Wildman–Crippen LogP) is 2.01. The van der Waals surface area contributed by atoms with Gasteiger partial charge in [-0.05, 0) is 38.8 Å². The molecule has 0 bridgehead atoms. The predicted molar refractivity (Wildman–Crippen MR) is 119 cm³/mol. The topological polar surface area (TPSA) is 103 Å². The van der Waals surface area contributed by atoms with Crippen LogP contribution < -0.4 is 5.32 Å². The van der Waals surface area contributed by atoms with Crippen LogP contribution in [0.2, 0.25) is 0 Å². The third-order valence-corrected chi connectivity index (χ3v) is 6.35. The van der Waals surface area contributed by atoms with Crippen molar-refractivity contribution in [2.75, 3.05) is 19.6 Å². The van der Waals surface area contributed by atoms with Gasteiger partial charge in [0, 0.05) is 56.0 Å². The van der Waals surface area contributed by atoms with E-state index in [4.69, 9.17) is 0 Å². The second-order valence-corrected chi connectivity index (χ2v) is 8.90. The van der Waals surface area contributed by atoms with E-state index in [0.717, 1.165) is 36.2 Å². The number of H-pyrrole nitrogens is 1. The number of rotatable bonds is 6. The zero-order chi connectivity index (χ0) is 22.7. The molecule has 2 aliphatic rings. The van der Waals surface area contributed by atoms with Gasteiger partial charge in [0.2, 0.25) is 11.8 Å². The first-order valence-corrected chi connectivity index (χ1v) is 11.5. The molecule has 4 heterocycles. The first kappa shape index (κ1) is 22.1. The number of fused-ring (bicyclic) bond motifs is 1. The molecule has 9 heteroatoms. The molecular weight excluding hydrogens is 408 g/mol. The standard InChI is InChI=1S/C23H32N6O3/c1-16(2)29-11-6-7-20(29)23(32)24-13-19-17-14-28(12-9-18(17)25-26-19)22(31)15-27-10-5-3-4-8-21(27)30/h6-7,11,16H,3-5,8-10,12-15H2,1-2H3,(H,24,32)(H,25,26). The number of aromatic amines is 1. The molecule has 0 saturated carbocycles. The van der Waals surface area contributed by atoms with Crippen molar-refractivity contribution in [2.45, 2.75) is 65.1 Å². The number of carbonyl (C=O) groups excluding carboxylic acids is 3. The van der Waals surface area contributed by atoms with Crippen LogP contribution in [0.3, 0.4) is 0 Å². The normalized spacial score (nSPS) is 16.8. The summed E-state index contributed by atoms with van der Waals surface area (Å²) >= 11 is 0. The lowest BCUT2D eigenvalue weighted by atomic mass is 10.0. The van der Waals surface area contributed by atoms with Gasteiger partial charge in [-0.2, -0.15) is 5.10 Å². The lowest BCUT2D eigenvalue weighted by molar-refractivity contribution is -0.140. The average Bonchev–Trinajstić information content (AvgIpc) is 3.38. The quantitative estimate of drug-likeness (QED) is 0.717. The summed E-state index contributed by atoms with van der Waals surface area (Å²) in [6.45, 7) is 6.21. The molecule has 9 nitrogen and oxygen atoms in total. The number of carbonyl (C=O) groups is 3. The summed E-state index contributed by atoms with van der Waals surface area (Å²) < 4.78 is 1.93. The van der Waals surface area contributed by atoms with Crippen molar-refractivity contribution in [3.8, 4) is 0 Å². The van der Waals surface area contributed by atoms with Crippen LogP contribution in [-0.4, -0.2) is 61.9 Å². The summed E-state index contributed by atoms with van der Waals surface area (Å²) in [5.41, 5.74) is 3.34. The maximum Gasteiger partial charge on any atom is 0.268 e. The van der Waals surface area contributed by atoms with Gasteiger partial charge >= 0.3 is 0 Å². The minimum Gasteiger partial charge on any atom is -0.345 e. The fourth-order valence-corrected chi connectivity index (χ4v) is 4.47. The molecule has 1 fully saturated rings. The molecule has 0 spiro atoms. The van der Waals surface area contributed by atoms with E-state index >= 15 is 0 Å². The minimum absolute atomic E-state index is 0.0307. The molecule has 4 rings (SSSR count). The lowest BCUT2D eigenvalue weighted by Gasteiger charge is -2.30. The van der Waals surface area contributed by atoms with E-state index in [2.05, 4.69) is 15.5 Å². The van der Waals surface area contributed by atoms with Crippen molar-refractivity contribution < 1.29 is 14.4 Å². The number of aromatic nitrogens is 3. The molecule has 1 saturated heterocycles. The summed E-state index contributed by atoms with van der Waals surface area (Å²) in [6, 6.07) is 3.86. The van der Waals surface area contributed by atoms with Crippen LogP contribution in [0, 0.1) is 0 Å². The fraction of sp³-hybridized carbons (Fsp3) is 0.565. The first-order valence-electron chi connectivity index (χ1n) is 11.5. The van der Waals surface area contributed by atoms with E-state index in [9.17, 15) is 14.4 Å². The van der Waals surface area contributed by atoms with Gasteiger partial charge in [-0.3, -0.25) is 19.5 Å². The first-order chi connectivity index (χ1) is 15.4. The Hall–Kier alpha value is -3.10. The highest BCUT2D eigenvalue weighted by atomic mass is 16.2. The monoisotopic (exact) mass is 440 g/mol. The number of likely N-dealkylation sites (tertiary alicyclic amines) is 1. The van der Waals surface area contributed by atoms with Crippen molar-refractivity contribution in [2.24, 2.45) is 0 Å². The van der Waals surface area contributed by atoms with Crippen LogP contribution in [0.5, 0.6) is 0 Å². The third kappa shape index (κ3) is 4.71. The van der Waals surface area contributed by atoms with Crippen molar-refractivity contribution >= 4 is 17.7 Å². The van der Waals surface area contributed by atoms with Gasteiger partial charge in [-0.1, -0.05) is 6.42 Å². The van der Waals surface area contributed by atoms with Gasteiger partial charge < -0.3 is 19.7 Å². The number of hydrogen-bond donors (Lipinski definition) is 2. The molecule has 2 aromatic rings. The Balaban J connectivity index is 1.38. The van der Waals surface area contributed by atoms with E-state index < -0.39 is 0 Å². The maximum absolute atomic E-state index is 12.9. The van der Waals surface area contributed by atoms with Gasteiger partial charge in [0.15, 0.2) is 0 Å². The molecule has 3 amide bonds. The molecule has 2 aliphatic heterocycles. The van der Waals surface area contributed by atoms with Crippen molar-refractivity contribution in [1.82, 2.24) is 29.9 Å². The number of nitrogens with one attached hydrogen (secondary N) is 2. The zero-order valence-corrected chi connectivity index (χ0v) is 18.9. The molecule has 0 atom stereocenters. The molecule has 32 heavy (non-hydrogen) atoms. The Morgan fingerprint density at radius 2 is 2.03 bits per heavy atom. The fourth-order valence-electron chi connectivity index (χ4n) is 4.47. The SMILES string of the molecule is CC(C)n1cccc1C(=O)NCc1n[nH]c2c1CN(C(=O)CN1CCCCCC1=O)CC2. The number of hydrogen-bond acceptors (Lipinski definition) is 4. The molecule has 0 aromatic carbocycles. The van der Waals surface area contributed by atoms with E-state index in [1.54, 1.807) is 15.9 Å². The highest BCUT2D eigenvalue weighted by Crippen LogP contribution is 2.21. The van der Waals surface area contributed by atoms with Crippen LogP contribution in [0.4, 0.5) is 0 Å². The van der Waals surface area contributed by atoms with Crippen molar-refractivity contribution in [1.29, 1.82) is 0 Å². The average molecular weight is 441 g/mol. The van der Waals surface area contributed by atoms with E-state index in [1.165, 1.54) is 0 Å². The smallest absolute Gasteiger partial charge is 0.268 e. The third-order valence-electron chi connectivity index (χ3n) is 6.35. The summed E-state index contributed by atoms with van der Waals surface area (Å²) in [4.78, 5) is 41.3. The maximum atomic E-state index is 12.9. The molecule has 0 aliphatic carbocycles. The van der Waals surface area contributed by atoms with Crippen LogP contribution >= 0.6 is 0 Å². The molecule has 0 radical (unpaired) electrons. The summed E-state index contributed by atoms with van der Waals surface area (Å²) in [5, 5.41) is 10.4. The van der Waals surface area contributed by atoms with Crippen LogP contribution in [-0.2, 0) is 29.1 Å². The summed E-state index contributed by atoms with van der Waals surface area (Å²) in [7, 11) is 0. The van der Waals surface area contributed by atoms with Crippen LogP contribution in [0.1, 0.15) is 73.0 Å². The minimum atomic E-state index is -0.149. The molecular formula is C23H32N6O3. The van der Waals surface area contributed by atoms with E-state index in [-0.39, 0.29) is 30.3 Å². The summed E-state index contributed by atoms with van der Waals surface area (Å²) in [6.07, 6.45) is 6.01. The van der Waals surface area contributed by atoms with Crippen LogP contribution in [0.15, 0.2) is 18.3 Å². The zero-order valence-electron chi connectivity index (χ0n) is 18.9. The van der Waals surface area contributed by atoms with Crippen molar-refractivity contribution in [3.05, 3.63) is 41.0 Å².